The molecule has 0 bridgehead atoms. The maximum Gasteiger partial charge on any atom is 0.274 e. The Morgan fingerprint density at radius 2 is 2.00 bits per heavy atom. The highest BCUT2D eigenvalue weighted by molar-refractivity contribution is 9.10. The summed E-state index contributed by atoms with van der Waals surface area (Å²) in [7, 11) is 0. The fraction of sp³-hybridized carbons (Fsp3) is 0.571. The molecule has 6 heteroatoms. The van der Waals surface area contributed by atoms with Crippen LogP contribution in [0.3, 0.4) is 0 Å². The highest BCUT2D eigenvalue weighted by Crippen LogP contribution is 2.38. The van der Waals surface area contributed by atoms with Crippen LogP contribution in [-0.2, 0) is 0 Å². The zero-order chi connectivity index (χ0) is 14.6. The van der Waals surface area contributed by atoms with Gasteiger partial charge in [-0.25, -0.2) is 0 Å². The van der Waals surface area contributed by atoms with Crippen molar-refractivity contribution in [2.24, 2.45) is 5.41 Å². The van der Waals surface area contributed by atoms with Crippen molar-refractivity contribution in [3.63, 3.8) is 0 Å². The first kappa shape index (κ1) is 15.6. The van der Waals surface area contributed by atoms with Gasteiger partial charge < -0.3 is 4.74 Å². The molecule has 1 aromatic carbocycles. The number of halogens is 1. The highest BCUT2D eigenvalue weighted by Gasteiger charge is 2.31. The molecule has 2 rings (SSSR count). The van der Waals surface area contributed by atoms with Gasteiger partial charge in [0.1, 0.15) is 5.75 Å². The fourth-order valence-electron chi connectivity index (χ4n) is 2.62. The molecular formula is C14H18BrNO3S. The number of nitro groups is 1. The number of nitro benzene ring substituents is 1. The first-order valence-electron chi connectivity index (χ1n) is 6.73. The van der Waals surface area contributed by atoms with Crippen molar-refractivity contribution in [2.45, 2.75) is 32.1 Å². The molecular weight excluding hydrogens is 342 g/mol. The van der Waals surface area contributed by atoms with Gasteiger partial charge in [-0.05, 0) is 24.7 Å². The number of thiol groups is 1. The lowest BCUT2D eigenvalue weighted by molar-refractivity contribution is -0.385. The number of non-ortho nitro benzene ring substituents is 1. The summed E-state index contributed by atoms with van der Waals surface area (Å²) in [6.07, 6.45) is 5.93. The maximum absolute atomic E-state index is 10.8. The van der Waals surface area contributed by atoms with Gasteiger partial charge >= 0.3 is 0 Å². The van der Waals surface area contributed by atoms with E-state index in [4.69, 9.17) is 4.74 Å². The highest BCUT2D eigenvalue weighted by atomic mass is 79.9. The van der Waals surface area contributed by atoms with Gasteiger partial charge in [0.2, 0.25) is 0 Å². The smallest absolute Gasteiger partial charge is 0.274 e. The first-order valence-corrected chi connectivity index (χ1v) is 8.16. The Kier molecular flexibility index (Phi) is 5.32. The lowest BCUT2D eigenvalue weighted by Gasteiger charge is -2.35. The molecule has 1 aliphatic carbocycles. The molecule has 0 spiro atoms. The Labute approximate surface area is 132 Å². The predicted octanol–water partition coefficient (Wildman–Crippen LogP) is 4.62. The Morgan fingerprint density at radius 3 is 2.60 bits per heavy atom. The minimum absolute atomic E-state index is 0.0398. The van der Waals surface area contributed by atoms with Gasteiger partial charge in [0.15, 0.2) is 0 Å². The van der Waals surface area contributed by atoms with Crippen LogP contribution < -0.4 is 4.74 Å². The van der Waals surface area contributed by atoms with Gasteiger partial charge in [-0.2, -0.15) is 12.6 Å². The van der Waals surface area contributed by atoms with Crippen LogP contribution in [0.15, 0.2) is 22.7 Å². The molecule has 0 amide bonds. The first-order chi connectivity index (χ1) is 9.54. The van der Waals surface area contributed by atoms with Crippen LogP contribution in [-0.4, -0.2) is 17.3 Å². The van der Waals surface area contributed by atoms with E-state index < -0.39 is 4.92 Å². The van der Waals surface area contributed by atoms with E-state index in [0.717, 1.165) is 18.6 Å². The summed E-state index contributed by atoms with van der Waals surface area (Å²) in [4.78, 5) is 10.4. The maximum atomic E-state index is 10.8. The molecule has 1 aromatic rings. The molecule has 0 atom stereocenters. The lowest BCUT2D eigenvalue weighted by atomic mass is 9.76. The van der Waals surface area contributed by atoms with Crippen LogP contribution in [0.5, 0.6) is 5.75 Å². The standard InChI is InChI=1S/C14H18BrNO3S/c15-11-6-12(16(17)18)8-13(7-11)19-9-14(10-20)4-2-1-3-5-14/h6-8,20H,1-5,9-10H2. The molecule has 0 saturated heterocycles. The predicted molar refractivity (Wildman–Crippen MR) is 85.7 cm³/mol. The summed E-state index contributed by atoms with van der Waals surface area (Å²) in [6, 6.07) is 4.71. The third kappa shape index (κ3) is 3.88. The van der Waals surface area contributed by atoms with E-state index in [1.807, 2.05) is 0 Å². The quantitative estimate of drug-likeness (QED) is 0.474. The summed E-state index contributed by atoms with van der Waals surface area (Å²) < 4.78 is 6.49. The van der Waals surface area contributed by atoms with Gasteiger partial charge in [0.25, 0.3) is 5.69 Å². The summed E-state index contributed by atoms with van der Waals surface area (Å²) in [5.41, 5.74) is 0.149. The van der Waals surface area contributed by atoms with Crippen LogP contribution in [0.4, 0.5) is 5.69 Å². The molecule has 0 aromatic heterocycles. The SMILES string of the molecule is O=[N+]([O-])c1cc(Br)cc(OCC2(CS)CCCCC2)c1. The molecule has 0 radical (unpaired) electrons. The van der Waals surface area contributed by atoms with Crippen molar-refractivity contribution < 1.29 is 9.66 Å². The number of ether oxygens (including phenoxy) is 1. The Bertz CT molecular complexity index is 489. The van der Waals surface area contributed by atoms with E-state index in [2.05, 4.69) is 28.6 Å². The zero-order valence-electron chi connectivity index (χ0n) is 11.2. The van der Waals surface area contributed by atoms with Gasteiger partial charge in [-0.3, -0.25) is 10.1 Å². The van der Waals surface area contributed by atoms with Gasteiger partial charge in [-0.1, -0.05) is 35.2 Å². The van der Waals surface area contributed by atoms with Crippen LogP contribution >= 0.6 is 28.6 Å². The molecule has 1 fully saturated rings. The third-order valence-corrected chi connectivity index (χ3v) is 4.99. The monoisotopic (exact) mass is 359 g/mol. The Hall–Kier alpha value is -0.750. The number of nitrogens with zero attached hydrogens (tertiary/aromatic N) is 1. The molecule has 4 nitrogen and oxygen atoms in total. The molecule has 1 aliphatic rings. The van der Waals surface area contributed by atoms with E-state index >= 15 is 0 Å². The molecule has 0 heterocycles. The van der Waals surface area contributed by atoms with Crippen molar-refractivity contribution >= 4 is 34.2 Å². The van der Waals surface area contributed by atoms with Crippen LogP contribution in [0.1, 0.15) is 32.1 Å². The third-order valence-electron chi connectivity index (χ3n) is 3.86. The summed E-state index contributed by atoms with van der Waals surface area (Å²) in [5.74, 6) is 1.33. The topological polar surface area (TPSA) is 52.4 Å². The van der Waals surface area contributed by atoms with Gasteiger partial charge in [-0.15, -0.1) is 0 Å². The number of hydrogen-bond acceptors (Lipinski definition) is 4. The summed E-state index contributed by atoms with van der Waals surface area (Å²) in [6.45, 7) is 0.574. The second-order valence-electron chi connectivity index (χ2n) is 5.41. The van der Waals surface area contributed by atoms with E-state index in [1.54, 1.807) is 6.07 Å². The Morgan fingerprint density at radius 1 is 1.30 bits per heavy atom. The number of hydrogen-bond donors (Lipinski definition) is 1. The van der Waals surface area contributed by atoms with Crippen molar-refractivity contribution in [1.82, 2.24) is 0 Å². The number of rotatable bonds is 5. The summed E-state index contributed by atoms with van der Waals surface area (Å²) in [5, 5.41) is 10.8. The van der Waals surface area contributed by atoms with Crippen LogP contribution in [0, 0.1) is 15.5 Å². The van der Waals surface area contributed by atoms with Crippen molar-refractivity contribution in [3.05, 3.63) is 32.8 Å². The molecule has 20 heavy (non-hydrogen) atoms. The average Bonchev–Trinajstić information content (AvgIpc) is 2.45. The number of benzene rings is 1. The van der Waals surface area contributed by atoms with E-state index in [9.17, 15) is 10.1 Å². The van der Waals surface area contributed by atoms with Crippen molar-refractivity contribution in [3.8, 4) is 5.75 Å². The molecule has 0 aliphatic heterocycles. The van der Waals surface area contributed by atoms with E-state index in [-0.39, 0.29) is 11.1 Å². The minimum atomic E-state index is -0.410. The minimum Gasteiger partial charge on any atom is -0.493 e. The van der Waals surface area contributed by atoms with Crippen molar-refractivity contribution in [2.75, 3.05) is 12.4 Å². The zero-order valence-corrected chi connectivity index (χ0v) is 13.7. The van der Waals surface area contributed by atoms with Gasteiger partial charge in [0, 0.05) is 16.0 Å². The fourth-order valence-corrected chi connectivity index (χ4v) is 3.49. The summed E-state index contributed by atoms with van der Waals surface area (Å²) >= 11 is 7.75. The average molecular weight is 360 g/mol. The van der Waals surface area contributed by atoms with E-state index in [0.29, 0.717) is 16.8 Å². The molecule has 0 unspecified atom stereocenters. The Balaban J connectivity index is 2.07. The molecule has 0 N–H and O–H groups in total. The van der Waals surface area contributed by atoms with Gasteiger partial charge in [0.05, 0.1) is 17.6 Å². The van der Waals surface area contributed by atoms with Crippen LogP contribution in [0.25, 0.3) is 0 Å². The second kappa shape index (κ2) is 6.80. The normalized spacial score (nSPS) is 17.7. The molecule has 110 valence electrons. The molecule has 1 saturated carbocycles. The van der Waals surface area contributed by atoms with Crippen molar-refractivity contribution in [1.29, 1.82) is 0 Å². The second-order valence-corrected chi connectivity index (χ2v) is 6.64. The van der Waals surface area contributed by atoms with E-state index in [1.165, 1.54) is 31.4 Å². The largest absolute Gasteiger partial charge is 0.493 e. The van der Waals surface area contributed by atoms with Crippen LogP contribution in [0.2, 0.25) is 0 Å². The lowest BCUT2D eigenvalue weighted by Crippen LogP contribution is -2.32.